The SMILES string of the molecule is Cc1ccc(SCC(O)CCc2cnn(C)c2)cc1. The molecule has 1 N–H and O–H groups in total. The third kappa shape index (κ3) is 4.73. The van der Waals surface area contributed by atoms with Crippen LogP contribution in [-0.4, -0.2) is 26.7 Å². The van der Waals surface area contributed by atoms with Gasteiger partial charge in [0.25, 0.3) is 0 Å². The van der Waals surface area contributed by atoms with Gasteiger partial charge in [0.1, 0.15) is 0 Å². The number of hydrogen-bond acceptors (Lipinski definition) is 3. The number of nitrogens with zero attached hydrogens (tertiary/aromatic N) is 2. The van der Waals surface area contributed by atoms with Crippen LogP contribution in [0, 0.1) is 6.92 Å². The molecule has 0 aliphatic heterocycles. The molecule has 2 aromatic rings. The molecule has 0 radical (unpaired) electrons. The van der Waals surface area contributed by atoms with Gasteiger partial charge in [-0.25, -0.2) is 0 Å². The van der Waals surface area contributed by atoms with E-state index in [0.717, 1.165) is 18.6 Å². The molecule has 1 unspecified atom stereocenters. The summed E-state index contributed by atoms with van der Waals surface area (Å²) in [6, 6.07) is 8.41. The van der Waals surface area contributed by atoms with Crippen molar-refractivity contribution < 1.29 is 5.11 Å². The lowest BCUT2D eigenvalue weighted by Gasteiger charge is -2.09. The minimum Gasteiger partial charge on any atom is -0.392 e. The van der Waals surface area contributed by atoms with E-state index in [0.29, 0.717) is 0 Å². The molecule has 1 heterocycles. The summed E-state index contributed by atoms with van der Waals surface area (Å²) in [6.45, 7) is 2.08. The zero-order valence-electron chi connectivity index (χ0n) is 11.4. The predicted molar refractivity (Wildman–Crippen MR) is 79.4 cm³/mol. The van der Waals surface area contributed by atoms with Gasteiger partial charge in [-0.15, -0.1) is 11.8 Å². The molecule has 0 bridgehead atoms. The molecule has 0 aliphatic carbocycles. The van der Waals surface area contributed by atoms with Crippen LogP contribution in [0.4, 0.5) is 0 Å². The molecule has 1 atom stereocenters. The molecular formula is C15H20N2OS. The zero-order chi connectivity index (χ0) is 13.7. The number of aliphatic hydroxyl groups excluding tert-OH is 1. The molecule has 0 saturated carbocycles. The van der Waals surface area contributed by atoms with Crippen LogP contribution in [0.5, 0.6) is 0 Å². The van der Waals surface area contributed by atoms with Gasteiger partial charge in [0, 0.05) is 23.9 Å². The fraction of sp³-hybridized carbons (Fsp3) is 0.400. The van der Waals surface area contributed by atoms with Crippen LogP contribution in [0.25, 0.3) is 0 Å². The Bertz CT molecular complexity index is 507. The fourth-order valence-corrected chi connectivity index (χ4v) is 2.72. The first-order valence-electron chi connectivity index (χ1n) is 6.48. The maximum atomic E-state index is 9.99. The van der Waals surface area contributed by atoms with E-state index in [-0.39, 0.29) is 6.10 Å². The van der Waals surface area contributed by atoms with Gasteiger partial charge < -0.3 is 5.11 Å². The molecule has 1 aromatic carbocycles. The molecule has 1 aromatic heterocycles. The molecule has 0 aliphatic rings. The summed E-state index contributed by atoms with van der Waals surface area (Å²) < 4.78 is 1.79. The minimum atomic E-state index is -0.272. The summed E-state index contributed by atoms with van der Waals surface area (Å²) in [5.41, 5.74) is 2.45. The highest BCUT2D eigenvalue weighted by Crippen LogP contribution is 2.20. The Morgan fingerprint density at radius 1 is 1.32 bits per heavy atom. The van der Waals surface area contributed by atoms with E-state index in [9.17, 15) is 5.11 Å². The van der Waals surface area contributed by atoms with Crippen molar-refractivity contribution in [3.05, 3.63) is 47.8 Å². The summed E-state index contributed by atoms with van der Waals surface area (Å²) >= 11 is 1.71. The zero-order valence-corrected chi connectivity index (χ0v) is 12.2. The number of aliphatic hydroxyl groups is 1. The summed E-state index contributed by atoms with van der Waals surface area (Å²) in [5, 5.41) is 14.1. The van der Waals surface area contributed by atoms with Gasteiger partial charge in [-0.3, -0.25) is 4.68 Å². The summed E-state index contributed by atoms with van der Waals surface area (Å²) in [4.78, 5) is 1.21. The predicted octanol–water partition coefficient (Wildman–Crippen LogP) is 2.81. The van der Waals surface area contributed by atoms with E-state index in [2.05, 4.69) is 36.3 Å². The number of thioether (sulfide) groups is 1. The largest absolute Gasteiger partial charge is 0.392 e. The number of aromatic nitrogens is 2. The van der Waals surface area contributed by atoms with Crippen molar-refractivity contribution in [2.45, 2.75) is 30.8 Å². The van der Waals surface area contributed by atoms with Crippen LogP contribution < -0.4 is 0 Å². The Hall–Kier alpha value is -1.26. The quantitative estimate of drug-likeness (QED) is 0.825. The first-order chi connectivity index (χ1) is 9.13. The molecule has 4 heteroatoms. The second kappa shape index (κ2) is 6.78. The molecule has 0 saturated heterocycles. The molecular weight excluding hydrogens is 256 g/mol. The molecule has 2 rings (SSSR count). The summed E-state index contributed by atoms with van der Waals surface area (Å²) in [6.07, 6.45) is 5.25. The lowest BCUT2D eigenvalue weighted by molar-refractivity contribution is 0.189. The monoisotopic (exact) mass is 276 g/mol. The molecule has 0 amide bonds. The van der Waals surface area contributed by atoms with Gasteiger partial charge in [-0.2, -0.15) is 5.10 Å². The normalized spacial score (nSPS) is 12.6. The van der Waals surface area contributed by atoms with Crippen molar-refractivity contribution in [3.63, 3.8) is 0 Å². The molecule has 19 heavy (non-hydrogen) atoms. The van der Waals surface area contributed by atoms with Gasteiger partial charge in [0.15, 0.2) is 0 Å². The van der Waals surface area contributed by atoms with E-state index in [1.807, 2.05) is 19.4 Å². The highest BCUT2D eigenvalue weighted by atomic mass is 32.2. The van der Waals surface area contributed by atoms with Crippen molar-refractivity contribution in [1.29, 1.82) is 0 Å². The lowest BCUT2D eigenvalue weighted by atomic mass is 10.1. The average molecular weight is 276 g/mol. The topological polar surface area (TPSA) is 38.1 Å². The molecule has 102 valence electrons. The van der Waals surface area contributed by atoms with Crippen LogP contribution >= 0.6 is 11.8 Å². The maximum absolute atomic E-state index is 9.99. The standard InChI is InChI=1S/C15H20N2OS/c1-12-3-7-15(8-4-12)19-11-14(18)6-5-13-9-16-17(2)10-13/h3-4,7-10,14,18H,5-6,11H2,1-2H3. The number of benzene rings is 1. The van der Waals surface area contributed by atoms with Crippen LogP contribution in [0.2, 0.25) is 0 Å². The third-order valence-corrected chi connectivity index (χ3v) is 4.14. The Kier molecular flexibility index (Phi) is 5.05. The van der Waals surface area contributed by atoms with Crippen LogP contribution in [0.15, 0.2) is 41.6 Å². The third-order valence-electron chi connectivity index (χ3n) is 2.99. The van der Waals surface area contributed by atoms with E-state index in [1.54, 1.807) is 16.4 Å². The minimum absolute atomic E-state index is 0.272. The fourth-order valence-electron chi connectivity index (χ4n) is 1.84. The second-order valence-electron chi connectivity index (χ2n) is 4.84. The highest BCUT2D eigenvalue weighted by molar-refractivity contribution is 7.99. The Labute approximate surface area is 118 Å². The summed E-state index contributed by atoms with van der Waals surface area (Å²) in [5.74, 6) is 0.739. The molecule has 3 nitrogen and oxygen atoms in total. The van der Waals surface area contributed by atoms with Crippen molar-refractivity contribution >= 4 is 11.8 Å². The second-order valence-corrected chi connectivity index (χ2v) is 5.93. The van der Waals surface area contributed by atoms with E-state index >= 15 is 0 Å². The number of hydrogen-bond donors (Lipinski definition) is 1. The number of aryl methyl sites for hydroxylation is 3. The van der Waals surface area contributed by atoms with E-state index in [1.165, 1.54) is 16.0 Å². The summed E-state index contributed by atoms with van der Waals surface area (Å²) in [7, 11) is 1.91. The van der Waals surface area contributed by atoms with Crippen LogP contribution in [0.1, 0.15) is 17.5 Å². The van der Waals surface area contributed by atoms with Crippen molar-refractivity contribution in [1.82, 2.24) is 9.78 Å². The molecule has 0 fully saturated rings. The van der Waals surface area contributed by atoms with Gasteiger partial charge in [-0.05, 0) is 37.5 Å². The highest BCUT2D eigenvalue weighted by Gasteiger charge is 2.06. The van der Waals surface area contributed by atoms with Gasteiger partial charge in [0.05, 0.1) is 12.3 Å². The Morgan fingerprint density at radius 2 is 2.05 bits per heavy atom. The van der Waals surface area contributed by atoms with Gasteiger partial charge in [-0.1, -0.05) is 17.7 Å². The van der Waals surface area contributed by atoms with Crippen molar-refractivity contribution in [2.24, 2.45) is 7.05 Å². The van der Waals surface area contributed by atoms with Crippen molar-refractivity contribution in [3.8, 4) is 0 Å². The first-order valence-corrected chi connectivity index (χ1v) is 7.47. The van der Waals surface area contributed by atoms with Crippen molar-refractivity contribution in [2.75, 3.05) is 5.75 Å². The first kappa shape index (κ1) is 14.2. The molecule has 0 spiro atoms. The number of rotatable bonds is 6. The van der Waals surface area contributed by atoms with E-state index < -0.39 is 0 Å². The maximum Gasteiger partial charge on any atom is 0.0637 e. The van der Waals surface area contributed by atoms with Gasteiger partial charge >= 0.3 is 0 Å². The Balaban J connectivity index is 1.72. The Morgan fingerprint density at radius 3 is 2.68 bits per heavy atom. The van der Waals surface area contributed by atoms with Gasteiger partial charge in [0.2, 0.25) is 0 Å². The lowest BCUT2D eigenvalue weighted by Crippen LogP contribution is -2.10. The van der Waals surface area contributed by atoms with Crippen LogP contribution in [0.3, 0.4) is 0 Å². The van der Waals surface area contributed by atoms with Crippen LogP contribution in [-0.2, 0) is 13.5 Å². The smallest absolute Gasteiger partial charge is 0.0637 e. The van der Waals surface area contributed by atoms with E-state index in [4.69, 9.17) is 0 Å². The average Bonchev–Trinajstić information content (AvgIpc) is 2.81.